The molecule has 2 heterocycles. The predicted molar refractivity (Wildman–Crippen MR) is 96.8 cm³/mol. The first-order chi connectivity index (χ1) is 11.7. The lowest BCUT2D eigenvalue weighted by Gasteiger charge is -2.32. The summed E-state index contributed by atoms with van der Waals surface area (Å²) in [6, 6.07) is 13.6. The molecule has 0 radical (unpaired) electrons. The number of likely N-dealkylation sites (tertiary alicyclic amines) is 1. The summed E-state index contributed by atoms with van der Waals surface area (Å²) in [4.78, 5) is 20.1. The van der Waals surface area contributed by atoms with Gasteiger partial charge in [-0.2, -0.15) is 0 Å². The van der Waals surface area contributed by atoms with Crippen LogP contribution in [0.1, 0.15) is 28.9 Å². The van der Waals surface area contributed by atoms with Crippen molar-refractivity contribution in [2.24, 2.45) is 0 Å². The highest BCUT2D eigenvalue weighted by molar-refractivity contribution is 7.98. The molecule has 0 saturated carbocycles. The molecule has 0 aliphatic carbocycles. The first kappa shape index (κ1) is 16.8. The van der Waals surface area contributed by atoms with Gasteiger partial charge in [-0.3, -0.25) is 4.79 Å². The lowest BCUT2D eigenvalue weighted by molar-refractivity contribution is 0.0584. The van der Waals surface area contributed by atoms with Crippen LogP contribution in [0.5, 0.6) is 5.88 Å². The molecule has 24 heavy (non-hydrogen) atoms. The van der Waals surface area contributed by atoms with E-state index in [2.05, 4.69) is 4.98 Å². The number of thioether (sulfide) groups is 1. The van der Waals surface area contributed by atoms with Crippen molar-refractivity contribution in [1.82, 2.24) is 9.88 Å². The minimum Gasteiger partial charge on any atom is -0.474 e. The van der Waals surface area contributed by atoms with Gasteiger partial charge in [0.1, 0.15) is 6.10 Å². The zero-order valence-corrected chi connectivity index (χ0v) is 14.9. The molecule has 5 heteroatoms. The molecule has 2 aromatic rings. The van der Waals surface area contributed by atoms with E-state index in [9.17, 15) is 4.79 Å². The minimum atomic E-state index is 0.118. The van der Waals surface area contributed by atoms with E-state index < -0.39 is 0 Å². The number of hydrogen-bond donors (Lipinski definition) is 0. The smallest absolute Gasteiger partial charge is 0.254 e. The number of amides is 1. The van der Waals surface area contributed by atoms with Gasteiger partial charge in [0.25, 0.3) is 5.91 Å². The van der Waals surface area contributed by atoms with Crippen molar-refractivity contribution < 1.29 is 9.53 Å². The van der Waals surface area contributed by atoms with Crippen molar-refractivity contribution in [3.8, 4) is 5.88 Å². The quantitative estimate of drug-likeness (QED) is 0.793. The fourth-order valence-corrected chi connectivity index (χ4v) is 3.51. The Labute approximate surface area is 147 Å². The van der Waals surface area contributed by atoms with Gasteiger partial charge in [0.2, 0.25) is 5.88 Å². The Morgan fingerprint density at radius 1 is 1.17 bits per heavy atom. The van der Waals surface area contributed by atoms with Crippen molar-refractivity contribution in [3.63, 3.8) is 0 Å². The summed E-state index contributed by atoms with van der Waals surface area (Å²) in [6.45, 7) is 3.40. The van der Waals surface area contributed by atoms with E-state index in [0.29, 0.717) is 5.88 Å². The molecule has 4 nitrogen and oxygen atoms in total. The fraction of sp³-hybridized carbons (Fsp3) is 0.368. The van der Waals surface area contributed by atoms with E-state index in [-0.39, 0.29) is 12.0 Å². The monoisotopic (exact) mass is 342 g/mol. The second-order valence-electron chi connectivity index (χ2n) is 5.93. The predicted octanol–water partition coefficient (Wildman–Crippen LogP) is 3.80. The summed E-state index contributed by atoms with van der Waals surface area (Å²) in [5, 5.41) is 0. The van der Waals surface area contributed by atoms with Crippen LogP contribution in [0.4, 0.5) is 0 Å². The van der Waals surface area contributed by atoms with Crippen molar-refractivity contribution in [1.29, 1.82) is 0 Å². The van der Waals surface area contributed by atoms with Gasteiger partial charge in [0, 0.05) is 42.6 Å². The van der Waals surface area contributed by atoms with E-state index in [0.717, 1.165) is 42.1 Å². The number of rotatable bonds is 4. The van der Waals surface area contributed by atoms with Gasteiger partial charge in [-0.1, -0.05) is 18.2 Å². The molecule has 1 aromatic carbocycles. The molecular weight excluding hydrogens is 320 g/mol. The summed E-state index contributed by atoms with van der Waals surface area (Å²) in [6.07, 6.45) is 3.80. The minimum absolute atomic E-state index is 0.118. The van der Waals surface area contributed by atoms with Gasteiger partial charge in [-0.25, -0.2) is 4.98 Å². The van der Waals surface area contributed by atoms with Crippen molar-refractivity contribution in [3.05, 3.63) is 53.7 Å². The van der Waals surface area contributed by atoms with Crippen LogP contribution in [0.25, 0.3) is 0 Å². The van der Waals surface area contributed by atoms with Gasteiger partial charge in [0.15, 0.2) is 0 Å². The van der Waals surface area contributed by atoms with E-state index in [1.165, 1.54) is 0 Å². The maximum atomic E-state index is 12.7. The number of aryl methyl sites for hydroxylation is 1. The molecule has 1 aromatic heterocycles. The van der Waals surface area contributed by atoms with Gasteiger partial charge in [0.05, 0.1) is 5.56 Å². The van der Waals surface area contributed by atoms with Gasteiger partial charge in [-0.15, -0.1) is 11.8 Å². The number of pyridine rings is 1. The number of hydrogen-bond acceptors (Lipinski definition) is 4. The normalized spacial score (nSPS) is 15.3. The first-order valence-electron chi connectivity index (χ1n) is 8.20. The summed E-state index contributed by atoms with van der Waals surface area (Å²) < 4.78 is 5.96. The number of ether oxygens (including phenoxy) is 1. The van der Waals surface area contributed by atoms with Crippen LogP contribution in [0.3, 0.4) is 0 Å². The second kappa shape index (κ2) is 7.71. The van der Waals surface area contributed by atoms with E-state index in [1.54, 1.807) is 11.8 Å². The maximum absolute atomic E-state index is 12.7. The van der Waals surface area contributed by atoms with Gasteiger partial charge < -0.3 is 9.64 Å². The highest BCUT2D eigenvalue weighted by atomic mass is 32.2. The number of nitrogens with zero attached hydrogens (tertiary/aromatic N) is 2. The van der Waals surface area contributed by atoms with Gasteiger partial charge in [-0.05, 0) is 31.4 Å². The van der Waals surface area contributed by atoms with Crippen LogP contribution in [0.2, 0.25) is 0 Å². The van der Waals surface area contributed by atoms with Crippen molar-refractivity contribution in [2.45, 2.75) is 30.8 Å². The standard InChI is InChI=1S/C19H22N2O2S/c1-14-6-5-9-18(20-14)23-15-10-12-21(13-11-15)19(22)16-7-3-4-8-17(16)24-2/h3-9,15H,10-13H2,1-2H3. The SMILES string of the molecule is CSc1ccccc1C(=O)N1CCC(Oc2cccc(C)n2)CC1. The molecule has 1 fully saturated rings. The molecule has 0 unspecified atom stereocenters. The fourth-order valence-electron chi connectivity index (χ4n) is 2.92. The Kier molecular flexibility index (Phi) is 5.41. The maximum Gasteiger partial charge on any atom is 0.254 e. The molecule has 3 rings (SSSR count). The zero-order valence-electron chi connectivity index (χ0n) is 14.1. The van der Waals surface area contributed by atoms with Crippen LogP contribution in [0, 0.1) is 6.92 Å². The average molecular weight is 342 g/mol. The van der Waals surface area contributed by atoms with Crippen LogP contribution in [-0.4, -0.2) is 41.2 Å². The highest BCUT2D eigenvalue weighted by Crippen LogP contribution is 2.24. The topological polar surface area (TPSA) is 42.4 Å². The Morgan fingerprint density at radius 3 is 2.62 bits per heavy atom. The molecule has 1 aliphatic heterocycles. The third-order valence-corrected chi connectivity index (χ3v) is 5.01. The van der Waals surface area contributed by atoms with E-state index in [1.807, 2.05) is 60.5 Å². The van der Waals surface area contributed by atoms with Gasteiger partial charge >= 0.3 is 0 Å². The van der Waals surface area contributed by atoms with Crippen LogP contribution in [0.15, 0.2) is 47.4 Å². The van der Waals surface area contributed by atoms with Crippen molar-refractivity contribution in [2.75, 3.05) is 19.3 Å². The van der Waals surface area contributed by atoms with E-state index in [4.69, 9.17) is 4.74 Å². The van der Waals surface area contributed by atoms with Crippen LogP contribution in [-0.2, 0) is 0 Å². The summed E-state index contributed by atoms with van der Waals surface area (Å²) in [7, 11) is 0. The Morgan fingerprint density at radius 2 is 1.92 bits per heavy atom. The lowest BCUT2D eigenvalue weighted by Crippen LogP contribution is -2.42. The molecule has 126 valence electrons. The summed E-state index contributed by atoms with van der Waals surface area (Å²) in [5.74, 6) is 0.791. The number of carbonyl (C=O) groups is 1. The van der Waals surface area contributed by atoms with E-state index >= 15 is 0 Å². The summed E-state index contributed by atoms with van der Waals surface area (Å²) >= 11 is 1.61. The molecule has 0 spiro atoms. The second-order valence-corrected chi connectivity index (χ2v) is 6.77. The molecule has 1 saturated heterocycles. The zero-order chi connectivity index (χ0) is 16.9. The van der Waals surface area contributed by atoms with Crippen molar-refractivity contribution >= 4 is 17.7 Å². The Bertz CT molecular complexity index is 712. The number of carbonyl (C=O) groups excluding carboxylic acids is 1. The summed E-state index contributed by atoms with van der Waals surface area (Å²) in [5.41, 5.74) is 1.75. The largest absolute Gasteiger partial charge is 0.474 e. The third-order valence-electron chi connectivity index (χ3n) is 4.22. The molecule has 0 atom stereocenters. The van der Waals surface area contributed by atoms with Crippen LogP contribution < -0.4 is 4.74 Å². The molecule has 1 amide bonds. The number of piperidine rings is 1. The number of benzene rings is 1. The number of aromatic nitrogens is 1. The Balaban J connectivity index is 1.59. The van der Waals surface area contributed by atoms with Crippen LogP contribution >= 0.6 is 11.8 Å². The third kappa shape index (κ3) is 3.90. The molecular formula is C19H22N2O2S. The lowest BCUT2D eigenvalue weighted by atomic mass is 10.1. The average Bonchev–Trinajstić information content (AvgIpc) is 2.62. The molecule has 1 aliphatic rings. The molecule has 0 bridgehead atoms. The first-order valence-corrected chi connectivity index (χ1v) is 9.42. The molecule has 0 N–H and O–H groups in total. The Hall–Kier alpha value is -2.01. The highest BCUT2D eigenvalue weighted by Gasteiger charge is 2.26.